The Hall–Kier alpha value is -0.454. The normalized spacial score (nSPS) is 20.4. The number of sulfonamides is 1. The van der Waals surface area contributed by atoms with E-state index in [0.717, 1.165) is 55.3 Å². The molecule has 7 nitrogen and oxygen atoms in total. The van der Waals surface area contributed by atoms with E-state index in [-0.39, 0.29) is 63.8 Å². The third-order valence-corrected chi connectivity index (χ3v) is 7.94. The van der Waals surface area contributed by atoms with Gasteiger partial charge in [0.05, 0.1) is 5.25 Å². The summed E-state index contributed by atoms with van der Waals surface area (Å²) in [5.74, 6) is -0.139. The van der Waals surface area contributed by atoms with Crippen LogP contribution >= 0.6 is 0 Å². The summed E-state index contributed by atoms with van der Waals surface area (Å²) in [7, 11) is -3.85. The monoisotopic (exact) mass is 444 g/mol. The van der Waals surface area contributed by atoms with Crippen LogP contribution in [0.4, 0.5) is 10.5 Å². The number of carbonyl (C=O) groups excluding carboxylic acids is 2. The number of benzene rings is 1. The molecular weight excluding hydrogens is 417 g/mol. The summed E-state index contributed by atoms with van der Waals surface area (Å²) in [5, 5.41) is 2.10. The molecule has 0 aromatic heterocycles. The van der Waals surface area contributed by atoms with Crippen molar-refractivity contribution in [1.29, 1.82) is 0 Å². The summed E-state index contributed by atoms with van der Waals surface area (Å²) in [5.41, 5.74) is 5.71. The first-order valence-electron chi connectivity index (χ1n) is 10.1. The second-order valence-electron chi connectivity index (χ2n) is 8.06. The number of fused-ring (bicyclic) bond motifs is 2. The zero-order chi connectivity index (χ0) is 19.9. The summed E-state index contributed by atoms with van der Waals surface area (Å²) < 4.78 is 27.6. The second-order valence-corrected chi connectivity index (χ2v) is 10.0. The van der Waals surface area contributed by atoms with Gasteiger partial charge in [-0.25, -0.2) is 17.9 Å². The fraction of sp³-hybridized carbons (Fsp3) is 0.600. The molecule has 29 heavy (non-hydrogen) atoms. The number of rotatable bonds is 3. The van der Waals surface area contributed by atoms with Crippen molar-refractivity contribution in [3.05, 3.63) is 28.3 Å². The molecule has 0 spiro atoms. The molecule has 1 saturated heterocycles. The van der Waals surface area contributed by atoms with Crippen molar-refractivity contribution in [3.8, 4) is 0 Å². The quantitative estimate of drug-likeness (QED) is 0.695. The number of urea groups is 1. The molecule has 9 heteroatoms. The molecule has 1 atom stereocenters. The zero-order valence-corrected chi connectivity index (χ0v) is 21.2. The van der Waals surface area contributed by atoms with E-state index in [2.05, 4.69) is 16.1 Å². The molecule has 3 amide bonds. The molecule has 1 unspecified atom stereocenters. The van der Waals surface area contributed by atoms with Crippen molar-refractivity contribution in [2.75, 3.05) is 18.4 Å². The Balaban J connectivity index is 0.00000240. The van der Waals surface area contributed by atoms with E-state index in [1.807, 2.05) is 0 Å². The Morgan fingerprint density at radius 3 is 2.24 bits per heavy atom. The molecule has 1 aromatic rings. The van der Waals surface area contributed by atoms with Crippen molar-refractivity contribution >= 4 is 79.0 Å². The molecule has 153 valence electrons. The standard InChI is InChI=1S/C20H27N3O4S.K/c1-13(24)23-10-4-7-16(12-23)28(26,27)22-20(25)21-19-17-8-2-5-14(17)11-15-6-3-9-18(15)19;/h11,16H,2-10,12H2,1H3,(H2,21,22,25);. The number of hydrogen-bond acceptors (Lipinski definition) is 4. The van der Waals surface area contributed by atoms with Crippen molar-refractivity contribution in [1.82, 2.24) is 9.62 Å². The predicted octanol–water partition coefficient (Wildman–Crippen LogP) is 1.75. The van der Waals surface area contributed by atoms with E-state index in [4.69, 9.17) is 0 Å². The molecule has 1 heterocycles. The molecule has 1 radical (unpaired) electrons. The SMILES string of the molecule is CC(=O)N1CCCC(S(=O)(=O)NC(=O)Nc2c3c(cc4c2CCC4)CCC3)C1.[K]. The van der Waals surface area contributed by atoms with Crippen LogP contribution in [0.3, 0.4) is 0 Å². The molecule has 1 aromatic carbocycles. The summed E-state index contributed by atoms with van der Waals surface area (Å²) in [6.45, 7) is 2.13. The van der Waals surface area contributed by atoms with Gasteiger partial charge in [0.1, 0.15) is 0 Å². The van der Waals surface area contributed by atoms with Crippen LogP contribution in [0.5, 0.6) is 0 Å². The van der Waals surface area contributed by atoms with Gasteiger partial charge in [0, 0.05) is 77.1 Å². The zero-order valence-electron chi connectivity index (χ0n) is 17.2. The maximum absolute atomic E-state index is 12.7. The van der Waals surface area contributed by atoms with Crippen LogP contribution in [0.1, 0.15) is 54.9 Å². The van der Waals surface area contributed by atoms with E-state index < -0.39 is 21.3 Å². The molecule has 0 saturated carbocycles. The van der Waals surface area contributed by atoms with Gasteiger partial charge in [0.25, 0.3) is 0 Å². The number of piperidine rings is 1. The van der Waals surface area contributed by atoms with Gasteiger partial charge < -0.3 is 10.2 Å². The van der Waals surface area contributed by atoms with Gasteiger partial charge in [0.2, 0.25) is 15.9 Å². The fourth-order valence-electron chi connectivity index (χ4n) is 4.80. The summed E-state index contributed by atoms with van der Waals surface area (Å²) in [6, 6.07) is 1.57. The molecule has 0 bridgehead atoms. The Labute approximate surface area is 214 Å². The molecule has 1 fully saturated rings. The van der Waals surface area contributed by atoms with Crippen LogP contribution in [0.25, 0.3) is 0 Å². The number of anilines is 1. The summed E-state index contributed by atoms with van der Waals surface area (Å²) >= 11 is 0. The van der Waals surface area contributed by atoms with Gasteiger partial charge >= 0.3 is 6.03 Å². The van der Waals surface area contributed by atoms with Crippen LogP contribution < -0.4 is 10.0 Å². The Morgan fingerprint density at radius 1 is 1.03 bits per heavy atom. The number of aryl methyl sites for hydroxylation is 2. The number of carbonyl (C=O) groups is 2. The maximum Gasteiger partial charge on any atom is 0.332 e. The number of likely N-dealkylation sites (tertiary alicyclic amines) is 1. The topological polar surface area (TPSA) is 95.6 Å². The summed E-state index contributed by atoms with van der Waals surface area (Å²) in [6.07, 6.45) is 7.06. The molecule has 1 aliphatic heterocycles. The Bertz CT molecular complexity index is 900. The number of amides is 3. The Morgan fingerprint density at radius 2 is 1.66 bits per heavy atom. The molecular formula is C20H27KN3O4S. The second kappa shape index (κ2) is 9.36. The Kier molecular flexibility index (Phi) is 7.49. The molecule has 4 rings (SSSR count). The average Bonchev–Trinajstić information content (AvgIpc) is 3.30. The fourth-order valence-corrected chi connectivity index (χ4v) is 6.13. The van der Waals surface area contributed by atoms with Crippen LogP contribution in [0.15, 0.2) is 6.07 Å². The van der Waals surface area contributed by atoms with Gasteiger partial charge in [-0.2, -0.15) is 0 Å². The van der Waals surface area contributed by atoms with Crippen molar-refractivity contribution in [2.45, 2.75) is 63.5 Å². The van der Waals surface area contributed by atoms with Gasteiger partial charge in [-0.15, -0.1) is 0 Å². The minimum atomic E-state index is -3.85. The van der Waals surface area contributed by atoms with Gasteiger partial charge in [-0.3, -0.25) is 4.79 Å². The molecule has 2 N–H and O–H groups in total. The van der Waals surface area contributed by atoms with E-state index in [9.17, 15) is 18.0 Å². The van der Waals surface area contributed by atoms with Crippen LogP contribution in [0.2, 0.25) is 0 Å². The van der Waals surface area contributed by atoms with Crippen LogP contribution in [0, 0.1) is 0 Å². The predicted molar refractivity (Wildman–Crippen MR) is 113 cm³/mol. The van der Waals surface area contributed by atoms with E-state index in [1.54, 1.807) is 0 Å². The largest absolute Gasteiger partial charge is 0.342 e. The van der Waals surface area contributed by atoms with E-state index >= 15 is 0 Å². The van der Waals surface area contributed by atoms with Crippen molar-refractivity contribution in [3.63, 3.8) is 0 Å². The third-order valence-electron chi connectivity index (χ3n) is 6.21. The van der Waals surface area contributed by atoms with Gasteiger partial charge in [0.15, 0.2) is 0 Å². The summed E-state index contributed by atoms with van der Waals surface area (Å²) in [4.78, 5) is 25.7. The number of nitrogens with one attached hydrogen (secondary N) is 2. The molecule has 2 aliphatic carbocycles. The minimum Gasteiger partial charge on any atom is -0.342 e. The van der Waals surface area contributed by atoms with Crippen LogP contribution in [-0.2, 0) is 40.5 Å². The maximum atomic E-state index is 12.7. The van der Waals surface area contributed by atoms with Crippen LogP contribution in [-0.4, -0.2) is 95.0 Å². The average molecular weight is 445 g/mol. The van der Waals surface area contributed by atoms with E-state index in [0.29, 0.717) is 19.4 Å². The van der Waals surface area contributed by atoms with E-state index in [1.165, 1.54) is 23.0 Å². The third kappa shape index (κ3) is 4.90. The van der Waals surface area contributed by atoms with Gasteiger partial charge in [-0.1, -0.05) is 6.07 Å². The molecule has 3 aliphatic rings. The van der Waals surface area contributed by atoms with Crippen molar-refractivity contribution in [2.24, 2.45) is 0 Å². The first kappa shape index (κ1) is 23.2. The van der Waals surface area contributed by atoms with Crippen molar-refractivity contribution < 1.29 is 18.0 Å². The smallest absolute Gasteiger partial charge is 0.332 e. The number of nitrogens with zero attached hydrogens (tertiary/aromatic N) is 1. The first-order valence-corrected chi connectivity index (χ1v) is 11.6. The van der Waals surface area contributed by atoms with Gasteiger partial charge in [-0.05, 0) is 73.6 Å². The number of hydrogen-bond donors (Lipinski definition) is 2. The minimum absolute atomic E-state index is 0. The first-order chi connectivity index (χ1) is 13.3.